The summed E-state index contributed by atoms with van der Waals surface area (Å²) < 4.78 is 0. The lowest BCUT2D eigenvalue weighted by atomic mass is 10.2. The molecule has 0 fully saturated rings. The van der Waals surface area contributed by atoms with Crippen LogP contribution >= 0.6 is 24.0 Å². The molecule has 0 unspecified atom stereocenters. The van der Waals surface area contributed by atoms with Crippen molar-refractivity contribution in [2.75, 3.05) is 12.9 Å². The van der Waals surface area contributed by atoms with Gasteiger partial charge in [-0.15, -0.1) is 11.8 Å². The molecular weight excluding hydrogens is 244 g/mol. The summed E-state index contributed by atoms with van der Waals surface area (Å²) in [6.07, 6.45) is 0. The molecule has 4 nitrogen and oxygen atoms in total. The standard InChI is InChI=1S/C9H13NO2S.CHNS/c1-10-7-13-9-4-2-8(3-5-9)6-12-11;2-1-3/h2-5,10-11H,6-7H2,1H3;2H. The van der Waals surface area contributed by atoms with Gasteiger partial charge < -0.3 is 5.32 Å². The Bertz CT molecular complexity index is 311. The fourth-order valence-corrected chi connectivity index (χ4v) is 1.55. The van der Waals surface area contributed by atoms with E-state index in [2.05, 4.69) is 22.4 Å². The van der Waals surface area contributed by atoms with Crippen molar-refractivity contribution in [3.8, 4) is 0 Å². The highest BCUT2D eigenvalue weighted by atomic mass is 32.2. The summed E-state index contributed by atoms with van der Waals surface area (Å²) in [6, 6.07) is 7.90. The Labute approximate surface area is 104 Å². The zero-order chi connectivity index (χ0) is 12.2. The Kier molecular flexibility index (Phi) is 10.3. The molecule has 1 rings (SSSR count). The van der Waals surface area contributed by atoms with Gasteiger partial charge in [-0.05, 0) is 37.0 Å². The highest BCUT2D eigenvalue weighted by Gasteiger charge is 1.94. The van der Waals surface area contributed by atoms with Gasteiger partial charge in [-0.3, -0.25) is 5.26 Å². The summed E-state index contributed by atoms with van der Waals surface area (Å²) >= 11 is 5.54. The minimum absolute atomic E-state index is 0.247. The average molecular weight is 258 g/mol. The highest BCUT2D eigenvalue weighted by Crippen LogP contribution is 2.17. The first-order valence-electron chi connectivity index (χ1n) is 4.45. The van der Waals surface area contributed by atoms with Crippen LogP contribution in [-0.2, 0) is 11.5 Å². The van der Waals surface area contributed by atoms with Crippen LogP contribution in [0.3, 0.4) is 0 Å². The van der Waals surface area contributed by atoms with Gasteiger partial charge in [-0.1, -0.05) is 12.1 Å². The number of rotatable bonds is 5. The minimum atomic E-state index is 0.247. The van der Waals surface area contributed by atoms with Crippen LogP contribution in [0.5, 0.6) is 0 Å². The van der Waals surface area contributed by atoms with E-state index in [1.807, 2.05) is 31.3 Å². The van der Waals surface area contributed by atoms with E-state index < -0.39 is 0 Å². The maximum Gasteiger partial charge on any atom is 0.107 e. The third kappa shape index (κ3) is 7.53. The van der Waals surface area contributed by atoms with E-state index in [0.29, 0.717) is 0 Å². The first-order chi connectivity index (χ1) is 7.78. The van der Waals surface area contributed by atoms with Crippen molar-refractivity contribution in [2.24, 2.45) is 0 Å². The van der Waals surface area contributed by atoms with Gasteiger partial charge in [0.2, 0.25) is 0 Å². The quantitative estimate of drug-likeness (QED) is 0.189. The van der Waals surface area contributed by atoms with E-state index in [9.17, 15) is 0 Å². The molecule has 0 heterocycles. The van der Waals surface area contributed by atoms with Gasteiger partial charge >= 0.3 is 0 Å². The molecule has 0 atom stereocenters. The lowest BCUT2D eigenvalue weighted by molar-refractivity contribution is -0.253. The van der Waals surface area contributed by atoms with Crippen LogP contribution in [0, 0.1) is 5.41 Å². The second-order valence-corrected chi connectivity index (χ2v) is 3.91. The van der Waals surface area contributed by atoms with Gasteiger partial charge in [0.25, 0.3) is 0 Å². The van der Waals surface area contributed by atoms with Gasteiger partial charge in [-0.25, -0.2) is 10.3 Å². The zero-order valence-corrected chi connectivity index (χ0v) is 10.5. The summed E-state index contributed by atoms with van der Waals surface area (Å²) in [4.78, 5) is 5.23. The number of nitrogens with one attached hydrogen (secondary N) is 2. The number of hydrogen-bond acceptors (Lipinski definition) is 6. The van der Waals surface area contributed by atoms with Gasteiger partial charge in [0.1, 0.15) is 6.61 Å². The predicted molar refractivity (Wildman–Crippen MR) is 69.0 cm³/mol. The molecule has 3 N–H and O–H groups in total. The monoisotopic (exact) mass is 258 g/mol. The maximum atomic E-state index is 8.22. The molecule has 0 amide bonds. The fourth-order valence-electron chi connectivity index (χ4n) is 0.912. The molecule has 0 radical (unpaired) electrons. The van der Waals surface area contributed by atoms with Crippen LogP contribution in [0.1, 0.15) is 5.56 Å². The second-order valence-electron chi connectivity index (χ2n) is 2.66. The summed E-state index contributed by atoms with van der Waals surface area (Å²) in [7, 11) is 1.92. The molecule has 16 heavy (non-hydrogen) atoms. The molecular formula is C10H14N2O2S2. The normalized spacial score (nSPS) is 8.88. The molecule has 0 aromatic heterocycles. The predicted octanol–water partition coefficient (Wildman–Crippen LogP) is 2.61. The van der Waals surface area contributed by atoms with E-state index in [1.54, 1.807) is 16.9 Å². The lowest BCUT2D eigenvalue weighted by Gasteiger charge is -2.01. The van der Waals surface area contributed by atoms with Crippen LogP contribution in [0.4, 0.5) is 0 Å². The molecule has 1 aromatic carbocycles. The SMILES string of the molecule is CNCSc1ccc(COO)cc1.N=C=S. The van der Waals surface area contributed by atoms with Gasteiger partial charge in [0.15, 0.2) is 0 Å². The Balaban J connectivity index is 0.000000673. The largest absolute Gasteiger partial charge is 0.311 e. The Morgan fingerprint density at radius 1 is 1.50 bits per heavy atom. The van der Waals surface area contributed by atoms with E-state index in [0.717, 1.165) is 11.4 Å². The Morgan fingerprint density at radius 3 is 2.50 bits per heavy atom. The van der Waals surface area contributed by atoms with E-state index >= 15 is 0 Å². The van der Waals surface area contributed by atoms with Crippen molar-refractivity contribution in [3.05, 3.63) is 29.8 Å². The summed E-state index contributed by atoms with van der Waals surface area (Å²) in [5, 5.41) is 18.6. The number of isothiocyanates is 1. The van der Waals surface area contributed by atoms with E-state index in [1.165, 1.54) is 4.90 Å². The molecule has 1 aromatic rings. The topological polar surface area (TPSA) is 65.3 Å². The number of hydrogen-bond donors (Lipinski definition) is 3. The third-order valence-electron chi connectivity index (χ3n) is 1.54. The van der Waals surface area contributed by atoms with Crippen molar-refractivity contribution in [1.29, 1.82) is 5.41 Å². The third-order valence-corrected chi connectivity index (χ3v) is 2.58. The lowest BCUT2D eigenvalue weighted by Crippen LogP contribution is -2.02. The first kappa shape index (κ1) is 15.2. The van der Waals surface area contributed by atoms with Crippen LogP contribution < -0.4 is 5.32 Å². The van der Waals surface area contributed by atoms with Crippen LogP contribution in [0.2, 0.25) is 0 Å². The fraction of sp³-hybridized carbons (Fsp3) is 0.300. The molecule has 6 heteroatoms. The van der Waals surface area contributed by atoms with Crippen molar-refractivity contribution in [3.63, 3.8) is 0 Å². The second kappa shape index (κ2) is 10.8. The molecule has 0 saturated heterocycles. The zero-order valence-electron chi connectivity index (χ0n) is 8.90. The highest BCUT2D eigenvalue weighted by molar-refractivity contribution is 7.99. The van der Waals surface area contributed by atoms with Crippen LogP contribution in [-0.4, -0.2) is 23.3 Å². The van der Waals surface area contributed by atoms with Gasteiger partial charge in [0.05, 0.1) is 5.16 Å². The first-order valence-corrected chi connectivity index (χ1v) is 5.84. The van der Waals surface area contributed by atoms with Crippen molar-refractivity contribution >= 4 is 29.1 Å². The van der Waals surface area contributed by atoms with Crippen LogP contribution in [0.15, 0.2) is 29.2 Å². The average Bonchev–Trinajstić information content (AvgIpc) is 2.30. The molecule has 0 aliphatic carbocycles. The van der Waals surface area contributed by atoms with Crippen molar-refractivity contribution in [2.45, 2.75) is 11.5 Å². The van der Waals surface area contributed by atoms with E-state index in [4.69, 9.17) is 10.7 Å². The van der Waals surface area contributed by atoms with Crippen LogP contribution in [0.25, 0.3) is 0 Å². The van der Waals surface area contributed by atoms with E-state index in [-0.39, 0.29) is 6.61 Å². The molecule has 88 valence electrons. The Hall–Kier alpha value is -0.750. The molecule has 0 saturated carbocycles. The van der Waals surface area contributed by atoms with Crippen molar-refractivity contribution < 1.29 is 10.1 Å². The number of thiocarbonyl (C=S) groups is 1. The number of benzene rings is 1. The molecule has 0 aliphatic heterocycles. The minimum Gasteiger partial charge on any atom is -0.311 e. The Morgan fingerprint density at radius 2 is 2.06 bits per heavy atom. The maximum absolute atomic E-state index is 8.22. The van der Waals surface area contributed by atoms with Crippen molar-refractivity contribution in [1.82, 2.24) is 5.32 Å². The molecule has 0 bridgehead atoms. The van der Waals surface area contributed by atoms with Gasteiger partial charge in [-0.2, -0.15) is 0 Å². The van der Waals surface area contributed by atoms with Gasteiger partial charge in [0, 0.05) is 10.8 Å². The summed E-state index contributed by atoms with van der Waals surface area (Å²) in [5.41, 5.74) is 0.969. The molecule has 0 spiro atoms. The summed E-state index contributed by atoms with van der Waals surface area (Å²) in [6.45, 7) is 0.247. The summed E-state index contributed by atoms with van der Waals surface area (Å²) in [5.74, 6) is 0.899. The molecule has 0 aliphatic rings. The number of thioether (sulfide) groups is 1. The smallest absolute Gasteiger partial charge is 0.107 e.